The largest absolute Gasteiger partial charge is 0.453 e. The lowest BCUT2D eigenvalue weighted by molar-refractivity contribution is 0.481. The van der Waals surface area contributed by atoms with E-state index >= 15 is 0 Å². The first-order chi connectivity index (χ1) is 18.8. The highest BCUT2D eigenvalue weighted by atomic mass is 32.2. The number of hydrogen-bond donors (Lipinski definition) is 2. The number of para-hydroxylation sites is 1. The van der Waals surface area contributed by atoms with Gasteiger partial charge in [-0.05, 0) is 66.3 Å². The summed E-state index contributed by atoms with van der Waals surface area (Å²) in [4.78, 5) is 16.7. The van der Waals surface area contributed by atoms with Crippen molar-refractivity contribution in [3.63, 3.8) is 0 Å². The van der Waals surface area contributed by atoms with Gasteiger partial charge in [-0.3, -0.25) is 9.98 Å². The summed E-state index contributed by atoms with van der Waals surface area (Å²) in [6.45, 7) is 7.76. The fourth-order valence-corrected chi connectivity index (χ4v) is 7.35. The zero-order valence-corrected chi connectivity index (χ0v) is 24.2. The molecule has 0 radical (unpaired) electrons. The van der Waals surface area contributed by atoms with Crippen LogP contribution in [0, 0.1) is 5.92 Å². The molecule has 1 saturated heterocycles. The fraction of sp³-hybridized carbons (Fsp3) is 0.345. The van der Waals surface area contributed by atoms with E-state index in [0.717, 1.165) is 60.2 Å². The number of thiophene rings is 1. The van der Waals surface area contributed by atoms with Gasteiger partial charge < -0.3 is 15.4 Å². The number of ether oxygens (including phenoxy) is 1. The van der Waals surface area contributed by atoms with Crippen LogP contribution in [-0.4, -0.2) is 36.3 Å². The first kappa shape index (κ1) is 27.0. The van der Waals surface area contributed by atoms with Crippen LogP contribution in [0.2, 0.25) is 0 Å². The minimum atomic E-state index is 0.604. The predicted molar refractivity (Wildman–Crippen MR) is 163 cm³/mol. The molecule has 3 aliphatic heterocycles. The van der Waals surface area contributed by atoms with Crippen LogP contribution in [0.4, 0.5) is 5.82 Å². The van der Waals surface area contributed by atoms with Crippen molar-refractivity contribution < 1.29 is 4.74 Å². The monoisotopic (exact) mass is 563 g/mol. The summed E-state index contributed by atoms with van der Waals surface area (Å²) < 4.78 is 7.59. The number of amidine groups is 1. The highest BCUT2D eigenvalue weighted by Gasteiger charge is 2.22. The van der Waals surface area contributed by atoms with E-state index in [0.29, 0.717) is 17.5 Å². The maximum Gasteiger partial charge on any atom is 0.175 e. The Labute approximate surface area is 236 Å². The molecule has 198 valence electrons. The number of hydrogen-bond acceptors (Lipinski definition) is 9. The highest BCUT2D eigenvalue weighted by molar-refractivity contribution is 8.16. The highest BCUT2D eigenvalue weighted by Crippen LogP contribution is 2.37. The molecule has 1 unspecified atom stereocenters. The zero-order valence-electron chi connectivity index (χ0n) is 21.8. The Bertz CT molecular complexity index is 1410. The first-order valence-corrected chi connectivity index (χ1v) is 15.8. The average Bonchev–Trinajstić information content (AvgIpc) is 3.64. The Morgan fingerprint density at radius 3 is 2.82 bits per heavy atom. The van der Waals surface area contributed by atoms with Gasteiger partial charge in [0, 0.05) is 35.2 Å². The number of rotatable bonds is 6. The lowest BCUT2D eigenvalue weighted by Crippen LogP contribution is -2.19. The molecule has 3 aliphatic rings. The van der Waals surface area contributed by atoms with Crippen LogP contribution in [0.15, 0.2) is 79.9 Å². The molecular formula is C29H33N5OS3. The van der Waals surface area contributed by atoms with Gasteiger partial charge in [0.1, 0.15) is 5.75 Å². The van der Waals surface area contributed by atoms with Gasteiger partial charge in [0.25, 0.3) is 0 Å². The molecule has 38 heavy (non-hydrogen) atoms. The summed E-state index contributed by atoms with van der Waals surface area (Å²) in [5.41, 5.74) is 1.41. The van der Waals surface area contributed by atoms with Gasteiger partial charge in [-0.2, -0.15) is 0 Å². The number of aliphatic imine (C=N–C) groups is 1. The molecule has 1 fully saturated rings. The lowest BCUT2D eigenvalue weighted by atomic mass is 10.00. The van der Waals surface area contributed by atoms with Crippen molar-refractivity contribution in [3.8, 4) is 11.5 Å². The minimum Gasteiger partial charge on any atom is -0.453 e. The second-order valence-electron chi connectivity index (χ2n) is 8.83. The molecule has 0 aliphatic carbocycles. The molecule has 1 aromatic carbocycles. The van der Waals surface area contributed by atoms with E-state index in [1.165, 1.54) is 21.4 Å². The van der Waals surface area contributed by atoms with Crippen LogP contribution in [0.1, 0.15) is 33.1 Å². The van der Waals surface area contributed by atoms with Gasteiger partial charge in [-0.25, -0.2) is 4.98 Å². The lowest BCUT2D eigenvalue weighted by Gasteiger charge is -2.19. The second kappa shape index (κ2) is 13.5. The number of anilines is 1. The Balaban J connectivity index is 0.00000144. The molecule has 2 N–H and O–H groups in total. The SMILES string of the molecule is C1=C(C2CCNC2)CN=C(Nc2ncc(SC3=c4sccc4=NCCC3)cc2Oc2ccccc2)S1.CC. The smallest absolute Gasteiger partial charge is 0.175 e. The summed E-state index contributed by atoms with van der Waals surface area (Å²) in [7, 11) is 0. The molecule has 0 amide bonds. The number of nitrogens with zero attached hydrogens (tertiary/aromatic N) is 3. The first-order valence-electron chi connectivity index (χ1n) is 13.2. The Morgan fingerprint density at radius 2 is 2.03 bits per heavy atom. The molecule has 0 spiro atoms. The summed E-state index contributed by atoms with van der Waals surface area (Å²) in [6.07, 6.45) is 5.20. The number of fused-ring (bicyclic) bond motifs is 1. The molecule has 6 nitrogen and oxygen atoms in total. The van der Waals surface area contributed by atoms with Gasteiger partial charge in [0.05, 0.1) is 16.4 Å². The van der Waals surface area contributed by atoms with Crippen molar-refractivity contribution in [2.45, 2.75) is 38.0 Å². The van der Waals surface area contributed by atoms with Crippen molar-refractivity contribution in [1.82, 2.24) is 10.3 Å². The molecular weight excluding hydrogens is 531 g/mol. The van der Waals surface area contributed by atoms with Crippen molar-refractivity contribution >= 4 is 50.8 Å². The van der Waals surface area contributed by atoms with Crippen LogP contribution in [-0.2, 0) is 0 Å². The Morgan fingerprint density at radius 1 is 1.13 bits per heavy atom. The molecule has 5 heterocycles. The number of aromatic nitrogens is 1. The van der Waals surface area contributed by atoms with Gasteiger partial charge in [0.15, 0.2) is 16.7 Å². The van der Waals surface area contributed by atoms with Gasteiger partial charge in [0.2, 0.25) is 0 Å². The second-order valence-corrected chi connectivity index (χ2v) is 11.8. The number of thioether (sulfide) groups is 2. The zero-order chi connectivity index (χ0) is 26.2. The summed E-state index contributed by atoms with van der Waals surface area (Å²) in [5.74, 6) is 2.74. The van der Waals surface area contributed by atoms with Crippen LogP contribution < -0.4 is 25.3 Å². The molecule has 0 saturated carbocycles. The van der Waals surface area contributed by atoms with E-state index in [-0.39, 0.29) is 0 Å². The maximum atomic E-state index is 6.31. The third-order valence-corrected chi connectivity index (χ3v) is 9.40. The maximum absolute atomic E-state index is 6.31. The summed E-state index contributed by atoms with van der Waals surface area (Å²) >= 11 is 5.16. The molecule has 9 heteroatoms. The van der Waals surface area contributed by atoms with E-state index in [1.807, 2.05) is 50.4 Å². The summed E-state index contributed by atoms with van der Waals surface area (Å²) in [5, 5.41) is 13.2. The van der Waals surface area contributed by atoms with Crippen LogP contribution in [0.25, 0.3) is 4.91 Å². The van der Waals surface area contributed by atoms with E-state index in [1.54, 1.807) is 34.9 Å². The van der Waals surface area contributed by atoms with E-state index < -0.39 is 0 Å². The normalized spacial score (nSPS) is 18.7. The van der Waals surface area contributed by atoms with Crippen molar-refractivity contribution in [2.24, 2.45) is 15.9 Å². The van der Waals surface area contributed by atoms with E-state index in [9.17, 15) is 0 Å². The average molecular weight is 564 g/mol. The van der Waals surface area contributed by atoms with Gasteiger partial charge in [-0.1, -0.05) is 55.6 Å². The minimum absolute atomic E-state index is 0.604. The Kier molecular flexibility index (Phi) is 9.57. The van der Waals surface area contributed by atoms with Crippen LogP contribution in [0.5, 0.6) is 11.5 Å². The topological polar surface area (TPSA) is 70.9 Å². The number of pyridine rings is 1. The quantitative estimate of drug-likeness (QED) is 0.368. The van der Waals surface area contributed by atoms with Crippen LogP contribution >= 0.6 is 34.9 Å². The standard InChI is InChI=1S/C27H27N5OS3.C2H6/c1-2-5-20(6-3-1)33-23-13-21(36-24-7-4-10-29-22-9-12-34-25(22)24)16-30-26(23)32-27-31-15-19(17-35-27)18-8-11-28-14-18;1-2/h1-3,5-6,9,12-13,16-18,28H,4,7-8,10-11,14-15H2,(H,30,31,32);1-2H3. The third kappa shape index (κ3) is 6.69. The predicted octanol–water partition coefficient (Wildman–Crippen LogP) is 6.28. The van der Waals surface area contributed by atoms with Crippen molar-refractivity contribution in [2.75, 3.05) is 31.5 Å². The summed E-state index contributed by atoms with van der Waals surface area (Å²) in [6, 6.07) is 14.1. The molecule has 2 aromatic heterocycles. The number of benzene rings is 1. The molecule has 1 atom stereocenters. The fourth-order valence-electron chi connectivity index (χ4n) is 4.43. The van der Waals surface area contributed by atoms with Crippen LogP contribution in [0.3, 0.4) is 0 Å². The number of nitrogens with one attached hydrogen (secondary N) is 2. The van der Waals surface area contributed by atoms with E-state index in [2.05, 4.69) is 33.6 Å². The van der Waals surface area contributed by atoms with Crippen molar-refractivity contribution in [3.05, 3.63) is 74.9 Å². The van der Waals surface area contributed by atoms with E-state index in [4.69, 9.17) is 19.7 Å². The Hall–Kier alpha value is -2.59. The molecule has 3 aromatic rings. The molecule has 6 rings (SSSR count). The third-order valence-electron chi connectivity index (χ3n) is 6.32. The van der Waals surface area contributed by atoms with Crippen molar-refractivity contribution in [1.29, 1.82) is 0 Å². The van der Waals surface area contributed by atoms with Gasteiger partial charge >= 0.3 is 0 Å². The van der Waals surface area contributed by atoms with Gasteiger partial charge in [-0.15, -0.1) is 11.3 Å². The molecule has 0 bridgehead atoms.